The Labute approximate surface area is 108 Å². The summed E-state index contributed by atoms with van der Waals surface area (Å²) in [5, 5.41) is 9.28. The van der Waals surface area contributed by atoms with Gasteiger partial charge in [-0.05, 0) is 39.5 Å². The second-order valence-electron chi connectivity index (χ2n) is 5.79. The Morgan fingerprint density at radius 3 is 2.44 bits per heavy atom. The van der Waals surface area contributed by atoms with Crippen LogP contribution in [0.4, 0.5) is 4.79 Å². The molecule has 0 aromatic carbocycles. The van der Waals surface area contributed by atoms with Gasteiger partial charge >= 0.3 is 12.1 Å². The first kappa shape index (κ1) is 14.8. The first-order valence-electron chi connectivity index (χ1n) is 6.48. The molecule has 5 heteroatoms. The molecule has 1 fully saturated rings. The standard InChI is InChI=1S/C13H23NO4/c1-5-6-9-7-8-14(10(9)11(15)16)12(17)18-13(2,3)4/h9-10H,5-8H2,1-4H3,(H,15,16). The predicted octanol–water partition coefficient (Wildman–Crippen LogP) is 2.50. The van der Waals surface area contributed by atoms with Crippen LogP contribution < -0.4 is 0 Å². The molecule has 1 N–H and O–H groups in total. The largest absolute Gasteiger partial charge is 0.480 e. The predicted molar refractivity (Wildman–Crippen MR) is 67.4 cm³/mol. The van der Waals surface area contributed by atoms with Crippen molar-refractivity contribution in [1.29, 1.82) is 0 Å². The molecule has 0 aromatic rings. The lowest BCUT2D eigenvalue weighted by atomic mass is 9.95. The van der Waals surface area contributed by atoms with Crippen LogP contribution in [0.1, 0.15) is 47.0 Å². The van der Waals surface area contributed by atoms with E-state index < -0.39 is 23.7 Å². The number of carboxylic acids is 1. The van der Waals surface area contributed by atoms with Gasteiger partial charge in [-0.15, -0.1) is 0 Å². The highest BCUT2D eigenvalue weighted by Crippen LogP contribution is 2.29. The molecule has 2 unspecified atom stereocenters. The summed E-state index contributed by atoms with van der Waals surface area (Å²) in [5.74, 6) is -0.892. The minimum atomic E-state index is -0.934. The van der Waals surface area contributed by atoms with E-state index in [1.165, 1.54) is 4.90 Å². The maximum absolute atomic E-state index is 12.0. The molecule has 104 valence electrons. The number of ether oxygens (including phenoxy) is 1. The molecule has 1 rings (SSSR count). The SMILES string of the molecule is CCCC1CCN(C(=O)OC(C)(C)C)C1C(=O)O. The number of carbonyl (C=O) groups excluding carboxylic acids is 1. The van der Waals surface area contributed by atoms with Crippen LogP contribution in [0.15, 0.2) is 0 Å². The normalized spacial score (nSPS) is 24.1. The van der Waals surface area contributed by atoms with Gasteiger partial charge in [0, 0.05) is 6.54 Å². The lowest BCUT2D eigenvalue weighted by molar-refractivity contribution is -0.143. The van der Waals surface area contributed by atoms with Gasteiger partial charge in [0.15, 0.2) is 0 Å². The van der Waals surface area contributed by atoms with E-state index in [2.05, 4.69) is 0 Å². The summed E-state index contributed by atoms with van der Waals surface area (Å²) in [6, 6.07) is -0.736. The molecule has 1 aliphatic rings. The van der Waals surface area contributed by atoms with Gasteiger partial charge in [0.05, 0.1) is 0 Å². The summed E-state index contributed by atoms with van der Waals surface area (Å²) in [7, 11) is 0. The molecule has 1 saturated heterocycles. The number of nitrogens with zero attached hydrogens (tertiary/aromatic N) is 1. The Bertz CT molecular complexity index is 321. The highest BCUT2D eigenvalue weighted by Gasteiger charge is 2.42. The summed E-state index contributed by atoms with van der Waals surface area (Å²) < 4.78 is 5.25. The Morgan fingerprint density at radius 1 is 1.39 bits per heavy atom. The second-order valence-corrected chi connectivity index (χ2v) is 5.79. The van der Waals surface area contributed by atoms with Crippen LogP contribution in [0, 0.1) is 5.92 Å². The third-order valence-electron chi connectivity index (χ3n) is 3.06. The molecular weight excluding hydrogens is 234 g/mol. The van der Waals surface area contributed by atoms with Gasteiger partial charge < -0.3 is 9.84 Å². The van der Waals surface area contributed by atoms with Crippen LogP contribution in [-0.4, -0.2) is 40.3 Å². The second kappa shape index (κ2) is 5.59. The summed E-state index contributed by atoms with van der Waals surface area (Å²) in [5.41, 5.74) is -0.594. The molecule has 0 radical (unpaired) electrons. The van der Waals surface area contributed by atoms with E-state index in [-0.39, 0.29) is 5.92 Å². The van der Waals surface area contributed by atoms with E-state index in [1.807, 2.05) is 6.92 Å². The molecule has 0 aromatic heterocycles. The zero-order valence-electron chi connectivity index (χ0n) is 11.6. The zero-order chi connectivity index (χ0) is 13.9. The van der Waals surface area contributed by atoms with Crippen LogP contribution in [-0.2, 0) is 9.53 Å². The van der Waals surface area contributed by atoms with Crippen molar-refractivity contribution in [1.82, 2.24) is 4.90 Å². The van der Waals surface area contributed by atoms with Crippen molar-refractivity contribution >= 4 is 12.1 Å². The average Bonchev–Trinajstić information content (AvgIpc) is 2.59. The molecule has 0 saturated carbocycles. The van der Waals surface area contributed by atoms with Crippen molar-refractivity contribution in [2.45, 2.75) is 58.6 Å². The third-order valence-corrected chi connectivity index (χ3v) is 3.06. The minimum Gasteiger partial charge on any atom is -0.480 e. The van der Waals surface area contributed by atoms with Gasteiger partial charge in [-0.25, -0.2) is 9.59 Å². The highest BCUT2D eigenvalue weighted by atomic mass is 16.6. The minimum absolute atomic E-state index is 0.0417. The Balaban J connectivity index is 2.76. The van der Waals surface area contributed by atoms with Crippen molar-refractivity contribution < 1.29 is 19.4 Å². The zero-order valence-corrected chi connectivity index (χ0v) is 11.6. The van der Waals surface area contributed by atoms with E-state index in [1.54, 1.807) is 20.8 Å². The molecule has 1 amide bonds. The van der Waals surface area contributed by atoms with E-state index in [9.17, 15) is 14.7 Å². The van der Waals surface area contributed by atoms with Crippen LogP contribution in [0.3, 0.4) is 0 Å². The molecule has 2 atom stereocenters. The molecular formula is C13H23NO4. The van der Waals surface area contributed by atoms with Gasteiger partial charge in [-0.3, -0.25) is 4.90 Å². The van der Waals surface area contributed by atoms with Crippen molar-refractivity contribution in [3.63, 3.8) is 0 Å². The fourth-order valence-electron chi connectivity index (χ4n) is 2.39. The van der Waals surface area contributed by atoms with Crippen molar-refractivity contribution in [3.05, 3.63) is 0 Å². The number of likely N-dealkylation sites (tertiary alicyclic amines) is 1. The monoisotopic (exact) mass is 257 g/mol. The quantitative estimate of drug-likeness (QED) is 0.843. The number of rotatable bonds is 3. The molecule has 1 heterocycles. The van der Waals surface area contributed by atoms with E-state index >= 15 is 0 Å². The average molecular weight is 257 g/mol. The number of amides is 1. The van der Waals surface area contributed by atoms with Gasteiger partial charge in [0.25, 0.3) is 0 Å². The Kier molecular flexibility index (Phi) is 4.59. The topological polar surface area (TPSA) is 66.8 Å². The fraction of sp³-hybridized carbons (Fsp3) is 0.846. The van der Waals surface area contributed by atoms with Crippen molar-refractivity contribution in [2.24, 2.45) is 5.92 Å². The van der Waals surface area contributed by atoms with Crippen LogP contribution in [0.25, 0.3) is 0 Å². The summed E-state index contributed by atoms with van der Waals surface area (Å²) in [6.45, 7) is 7.83. The smallest absolute Gasteiger partial charge is 0.411 e. The first-order chi connectivity index (χ1) is 8.26. The van der Waals surface area contributed by atoms with Crippen molar-refractivity contribution in [3.8, 4) is 0 Å². The molecule has 5 nitrogen and oxygen atoms in total. The Morgan fingerprint density at radius 2 is 2.00 bits per heavy atom. The number of carbonyl (C=O) groups is 2. The van der Waals surface area contributed by atoms with Gasteiger partial charge in [0.1, 0.15) is 11.6 Å². The van der Waals surface area contributed by atoms with E-state index in [0.29, 0.717) is 6.54 Å². The molecule has 18 heavy (non-hydrogen) atoms. The molecule has 1 aliphatic heterocycles. The summed E-state index contributed by atoms with van der Waals surface area (Å²) >= 11 is 0. The third kappa shape index (κ3) is 3.62. The van der Waals surface area contributed by atoms with E-state index in [4.69, 9.17) is 4.74 Å². The van der Waals surface area contributed by atoms with Crippen LogP contribution in [0.2, 0.25) is 0 Å². The van der Waals surface area contributed by atoms with Gasteiger partial charge in [-0.2, -0.15) is 0 Å². The number of carboxylic acid groups (broad SMARTS) is 1. The highest BCUT2D eigenvalue weighted by molar-refractivity contribution is 5.81. The molecule has 0 bridgehead atoms. The van der Waals surface area contributed by atoms with Gasteiger partial charge in [-0.1, -0.05) is 13.3 Å². The van der Waals surface area contributed by atoms with Crippen LogP contribution >= 0.6 is 0 Å². The lowest BCUT2D eigenvalue weighted by Gasteiger charge is -2.28. The fourth-order valence-corrected chi connectivity index (χ4v) is 2.39. The number of hydrogen-bond acceptors (Lipinski definition) is 3. The van der Waals surface area contributed by atoms with E-state index in [0.717, 1.165) is 19.3 Å². The lowest BCUT2D eigenvalue weighted by Crippen LogP contribution is -2.45. The molecule has 0 spiro atoms. The Hall–Kier alpha value is -1.26. The first-order valence-corrected chi connectivity index (χ1v) is 6.48. The molecule has 0 aliphatic carbocycles. The summed E-state index contributed by atoms with van der Waals surface area (Å²) in [4.78, 5) is 24.6. The maximum atomic E-state index is 12.0. The van der Waals surface area contributed by atoms with Crippen molar-refractivity contribution in [2.75, 3.05) is 6.54 Å². The maximum Gasteiger partial charge on any atom is 0.411 e. The number of hydrogen-bond donors (Lipinski definition) is 1. The summed E-state index contributed by atoms with van der Waals surface area (Å²) in [6.07, 6.45) is 1.98. The number of aliphatic carboxylic acids is 1. The van der Waals surface area contributed by atoms with Gasteiger partial charge in [0.2, 0.25) is 0 Å². The van der Waals surface area contributed by atoms with Crippen LogP contribution in [0.5, 0.6) is 0 Å².